The Hall–Kier alpha value is -4.33. The minimum Gasteiger partial charge on any atom is -0.382 e. The molecule has 158 valence electrons. The average molecular weight is 430 g/mol. The lowest BCUT2D eigenvalue weighted by Crippen LogP contribution is -2.32. The van der Waals surface area contributed by atoms with E-state index in [1.807, 2.05) is 0 Å². The predicted molar refractivity (Wildman–Crippen MR) is 106 cm³/mol. The van der Waals surface area contributed by atoms with Crippen LogP contribution in [0.1, 0.15) is 16.7 Å². The number of carbonyl (C=O) groups is 1. The molecule has 0 spiro atoms. The van der Waals surface area contributed by atoms with Gasteiger partial charge in [0.2, 0.25) is 0 Å². The van der Waals surface area contributed by atoms with Crippen LogP contribution in [0.25, 0.3) is 0 Å². The second-order valence-corrected chi connectivity index (χ2v) is 6.16. The van der Waals surface area contributed by atoms with E-state index >= 15 is 0 Å². The van der Waals surface area contributed by atoms with Crippen LogP contribution in [0.4, 0.5) is 45.4 Å². The second-order valence-electron chi connectivity index (χ2n) is 6.16. The summed E-state index contributed by atoms with van der Waals surface area (Å²) in [5.74, 6) is 4.47. The monoisotopic (exact) mass is 430 g/mol. The van der Waals surface area contributed by atoms with Crippen LogP contribution in [0.5, 0.6) is 0 Å². The molecule has 0 saturated carbocycles. The Labute approximate surface area is 173 Å². The maximum Gasteiger partial charge on any atom is 0.416 e. The summed E-state index contributed by atoms with van der Waals surface area (Å²) in [6.07, 6.45) is -3.57. The lowest BCUT2D eigenvalue weighted by Gasteiger charge is -2.22. The first-order chi connectivity index (χ1) is 14.6. The van der Waals surface area contributed by atoms with Crippen molar-refractivity contribution in [3.8, 4) is 11.8 Å². The Kier molecular flexibility index (Phi) is 5.65. The van der Waals surface area contributed by atoms with Crippen molar-refractivity contribution >= 4 is 29.0 Å². The van der Waals surface area contributed by atoms with Gasteiger partial charge >= 0.3 is 12.2 Å². The quantitative estimate of drug-likeness (QED) is 0.425. The van der Waals surface area contributed by atoms with Gasteiger partial charge in [0.1, 0.15) is 29.3 Å². The molecule has 6 N–H and O–H groups in total. The fourth-order valence-electron chi connectivity index (χ4n) is 2.64. The standard InChI is InChI=1S/C20H14F4N6O/c21-15-7-5-12(20(22,23)24)9-16(15)30(19(27)31)13-3-1-2-11(8-13)4-6-14-17(25)28-10-29-18(14)26/h1-3,5,7-10H,(H2,27,31)(H4,25,26,28,29). The van der Waals surface area contributed by atoms with Gasteiger partial charge in [-0.3, -0.25) is 4.90 Å². The summed E-state index contributed by atoms with van der Waals surface area (Å²) in [4.78, 5) is 20.2. The van der Waals surface area contributed by atoms with Crippen LogP contribution in [-0.4, -0.2) is 16.0 Å². The Morgan fingerprint density at radius 1 is 1.00 bits per heavy atom. The third kappa shape index (κ3) is 4.64. The van der Waals surface area contributed by atoms with Crippen LogP contribution < -0.4 is 22.1 Å². The van der Waals surface area contributed by atoms with Crippen molar-refractivity contribution in [3.05, 3.63) is 71.3 Å². The van der Waals surface area contributed by atoms with E-state index in [2.05, 4.69) is 21.8 Å². The van der Waals surface area contributed by atoms with Gasteiger partial charge in [-0.05, 0) is 36.4 Å². The molecule has 0 saturated heterocycles. The molecule has 2 aromatic carbocycles. The lowest BCUT2D eigenvalue weighted by atomic mass is 10.1. The molecule has 1 heterocycles. The van der Waals surface area contributed by atoms with Gasteiger partial charge in [-0.1, -0.05) is 17.9 Å². The topological polar surface area (TPSA) is 124 Å². The minimum atomic E-state index is -4.74. The van der Waals surface area contributed by atoms with Crippen LogP contribution in [0.15, 0.2) is 48.8 Å². The van der Waals surface area contributed by atoms with Crippen LogP contribution >= 0.6 is 0 Å². The summed E-state index contributed by atoms with van der Waals surface area (Å²) in [7, 11) is 0. The summed E-state index contributed by atoms with van der Waals surface area (Å²) >= 11 is 0. The number of amides is 2. The van der Waals surface area contributed by atoms with Crippen molar-refractivity contribution in [1.82, 2.24) is 9.97 Å². The summed E-state index contributed by atoms with van der Waals surface area (Å²) in [5.41, 5.74) is 15.5. The van der Waals surface area contributed by atoms with E-state index in [1.54, 1.807) is 6.07 Å². The van der Waals surface area contributed by atoms with Crippen molar-refractivity contribution in [2.75, 3.05) is 16.4 Å². The molecule has 7 nitrogen and oxygen atoms in total. The number of anilines is 4. The van der Waals surface area contributed by atoms with E-state index in [0.717, 1.165) is 0 Å². The third-order valence-electron chi connectivity index (χ3n) is 4.08. The number of nitrogens with two attached hydrogens (primary N) is 3. The normalized spacial score (nSPS) is 10.8. The van der Waals surface area contributed by atoms with Gasteiger partial charge in [-0.2, -0.15) is 13.2 Å². The van der Waals surface area contributed by atoms with Crippen LogP contribution in [-0.2, 0) is 6.18 Å². The van der Waals surface area contributed by atoms with Gasteiger partial charge in [-0.25, -0.2) is 19.2 Å². The smallest absolute Gasteiger partial charge is 0.382 e. The zero-order valence-corrected chi connectivity index (χ0v) is 15.6. The second kappa shape index (κ2) is 8.19. The maximum atomic E-state index is 14.3. The molecule has 0 aliphatic carbocycles. The Bertz CT molecular complexity index is 1200. The molecular weight excluding hydrogens is 416 g/mol. The number of nitrogens with zero attached hydrogens (tertiary/aromatic N) is 3. The highest BCUT2D eigenvalue weighted by molar-refractivity contribution is 5.98. The number of hydrogen-bond acceptors (Lipinski definition) is 5. The first kappa shape index (κ1) is 21.4. The number of alkyl halides is 3. The van der Waals surface area contributed by atoms with Crippen molar-refractivity contribution in [1.29, 1.82) is 0 Å². The summed E-state index contributed by atoms with van der Waals surface area (Å²) in [6, 6.07) is 6.21. The highest BCUT2D eigenvalue weighted by atomic mass is 19.4. The molecular formula is C20H14F4N6O. The molecule has 3 rings (SSSR count). The number of hydrogen-bond donors (Lipinski definition) is 3. The van der Waals surface area contributed by atoms with Gasteiger partial charge in [0, 0.05) is 5.56 Å². The average Bonchev–Trinajstić information content (AvgIpc) is 2.68. The molecule has 0 radical (unpaired) electrons. The van der Waals surface area contributed by atoms with Crippen LogP contribution in [0.3, 0.4) is 0 Å². The molecule has 0 unspecified atom stereocenters. The highest BCUT2D eigenvalue weighted by Gasteiger charge is 2.32. The fraction of sp³-hybridized carbons (Fsp3) is 0.0500. The third-order valence-corrected chi connectivity index (χ3v) is 4.08. The Morgan fingerprint density at radius 3 is 2.29 bits per heavy atom. The SMILES string of the molecule is NC(=O)N(c1cccc(C#Cc2c(N)ncnc2N)c1)c1cc(C(F)(F)F)ccc1F. The van der Waals surface area contributed by atoms with Gasteiger partial charge in [0.15, 0.2) is 0 Å². The number of carbonyl (C=O) groups excluding carboxylic acids is 1. The van der Waals surface area contributed by atoms with Gasteiger partial charge < -0.3 is 17.2 Å². The molecule has 3 aromatic rings. The van der Waals surface area contributed by atoms with E-state index < -0.39 is 29.3 Å². The van der Waals surface area contributed by atoms with Crippen molar-refractivity contribution < 1.29 is 22.4 Å². The fourth-order valence-corrected chi connectivity index (χ4v) is 2.64. The Balaban J connectivity index is 2.06. The number of urea groups is 1. The van der Waals surface area contributed by atoms with Crippen LogP contribution in [0.2, 0.25) is 0 Å². The number of halogens is 4. The zero-order valence-electron chi connectivity index (χ0n) is 15.6. The zero-order chi connectivity index (χ0) is 22.8. The molecule has 0 fully saturated rings. The van der Waals surface area contributed by atoms with E-state index in [-0.39, 0.29) is 22.9 Å². The first-order valence-corrected chi connectivity index (χ1v) is 8.52. The van der Waals surface area contributed by atoms with Crippen molar-refractivity contribution in [3.63, 3.8) is 0 Å². The molecule has 1 aromatic heterocycles. The lowest BCUT2D eigenvalue weighted by molar-refractivity contribution is -0.137. The number of aromatic nitrogens is 2. The molecule has 0 bridgehead atoms. The summed E-state index contributed by atoms with van der Waals surface area (Å²) < 4.78 is 53.5. The molecule has 2 amide bonds. The van der Waals surface area contributed by atoms with Crippen LogP contribution in [0, 0.1) is 17.7 Å². The van der Waals surface area contributed by atoms with E-state index in [9.17, 15) is 22.4 Å². The van der Waals surface area contributed by atoms with E-state index in [0.29, 0.717) is 28.7 Å². The van der Waals surface area contributed by atoms with E-state index in [1.165, 1.54) is 24.5 Å². The molecule has 0 aliphatic rings. The summed E-state index contributed by atoms with van der Waals surface area (Å²) in [6.45, 7) is 0. The highest BCUT2D eigenvalue weighted by Crippen LogP contribution is 2.35. The number of rotatable bonds is 2. The van der Waals surface area contributed by atoms with Crippen molar-refractivity contribution in [2.24, 2.45) is 5.73 Å². The Morgan fingerprint density at radius 2 is 1.68 bits per heavy atom. The predicted octanol–water partition coefficient (Wildman–Crippen LogP) is 3.42. The number of benzene rings is 2. The molecule has 0 atom stereocenters. The van der Waals surface area contributed by atoms with Gasteiger partial charge in [0.25, 0.3) is 0 Å². The van der Waals surface area contributed by atoms with Gasteiger partial charge in [-0.15, -0.1) is 0 Å². The minimum absolute atomic E-state index is 0.00257. The largest absolute Gasteiger partial charge is 0.416 e. The first-order valence-electron chi connectivity index (χ1n) is 8.52. The summed E-state index contributed by atoms with van der Waals surface area (Å²) in [5, 5.41) is 0. The molecule has 0 aliphatic heterocycles. The number of primary amides is 1. The molecule has 31 heavy (non-hydrogen) atoms. The maximum absolute atomic E-state index is 14.3. The number of nitrogen functional groups attached to an aromatic ring is 2. The van der Waals surface area contributed by atoms with Gasteiger partial charge in [0.05, 0.1) is 16.9 Å². The van der Waals surface area contributed by atoms with Crippen molar-refractivity contribution in [2.45, 2.75) is 6.18 Å². The van der Waals surface area contributed by atoms with E-state index in [4.69, 9.17) is 17.2 Å². The molecule has 11 heteroatoms.